The Kier molecular flexibility index (Phi) is 3.95. The molecule has 0 spiro atoms. The largest absolute Gasteiger partial charge is 0.453 e. The number of carbonyl (C=O) groups is 2. The first kappa shape index (κ1) is 13.3. The van der Waals surface area contributed by atoms with Crippen LogP contribution in [0.4, 0.5) is 10.6 Å². The standard InChI is InChI=1S/C10H16N6O3/c1-19-10(18)12-8-5-16(14-13-8)6-9(17)15-3-2-7(11)4-15/h5,7H,2-4,6,11H2,1H3,(H,12,18). The van der Waals surface area contributed by atoms with Gasteiger partial charge in [0.25, 0.3) is 0 Å². The Morgan fingerprint density at radius 2 is 2.42 bits per heavy atom. The minimum Gasteiger partial charge on any atom is -0.453 e. The second kappa shape index (κ2) is 5.65. The molecule has 1 fully saturated rings. The van der Waals surface area contributed by atoms with Crippen LogP contribution in [-0.2, 0) is 16.1 Å². The maximum atomic E-state index is 11.9. The van der Waals surface area contributed by atoms with Gasteiger partial charge in [-0.05, 0) is 6.42 Å². The molecule has 0 aliphatic carbocycles. The summed E-state index contributed by atoms with van der Waals surface area (Å²) < 4.78 is 5.78. The van der Waals surface area contributed by atoms with Crippen LogP contribution < -0.4 is 11.1 Å². The molecule has 0 aromatic carbocycles. The molecule has 19 heavy (non-hydrogen) atoms. The van der Waals surface area contributed by atoms with Crippen molar-refractivity contribution in [3.8, 4) is 0 Å². The molecule has 0 radical (unpaired) electrons. The minimum absolute atomic E-state index is 0.0521. The zero-order valence-corrected chi connectivity index (χ0v) is 10.6. The van der Waals surface area contributed by atoms with E-state index in [4.69, 9.17) is 5.73 Å². The fraction of sp³-hybridized carbons (Fsp3) is 0.600. The second-order valence-electron chi connectivity index (χ2n) is 4.31. The van der Waals surface area contributed by atoms with Crippen LogP contribution in [0.25, 0.3) is 0 Å². The first-order valence-electron chi connectivity index (χ1n) is 5.87. The van der Waals surface area contributed by atoms with Gasteiger partial charge < -0.3 is 15.4 Å². The number of aromatic nitrogens is 3. The van der Waals surface area contributed by atoms with Gasteiger partial charge in [-0.2, -0.15) is 0 Å². The number of methoxy groups -OCH3 is 1. The highest BCUT2D eigenvalue weighted by Gasteiger charge is 2.23. The molecule has 3 N–H and O–H groups in total. The smallest absolute Gasteiger partial charge is 0.412 e. The molecule has 1 aliphatic heterocycles. The lowest BCUT2D eigenvalue weighted by molar-refractivity contribution is -0.131. The molecule has 2 heterocycles. The Labute approximate surface area is 109 Å². The van der Waals surface area contributed by atoms with E-state index in [0.717, 1.165) is 6.42 Å². The Morgan fingerprint density at radius 1 is 1.63 bits per heavy atom. The number of nitrogens with zero attached hydrogens (tertiary/aromatic N) is 4. The van der Waals surface area contributed by atoms with Gasteiger partial charge in [0, 0.05) is 19.1 Å². The predicted molar refractivity (Wildman–Crippen MR) is 65.2 cm³/mol. The quantitative estimate of drug-likeness (QED) is 0.727. The number of amides is 2. The van der Waals surface area contributed by atoms with Crippen LogP contribution in [0.5, 0.6) is 0 Å². The lowest BCUT2D eigenvalue weighted by atomic mass is 10.3. The SMILES string of the molecule is COC(=O)Nc1cn(CC(=O)N2CCC(N)C2)nn1. The molecule has 9 nitrogen and oxygen atoms in total. The fourth-order valence-corrected chi connectivity index (χ4v) is 1.84. The van der Waals surface area contributed by atoms with Crippen molar-refractivity contribution >= 4 is 17.8 Å². The number of hydrogen-bond acceptors (Lipinski definition) is 6. The van der Waals surface area contributed by atoms with E-state index in [2.05, 4.69) is 20.4 Å². The molecule has 1 unspecified atom stereocenters. The minimum atomic E-state index is -0.635. The zero-order valence-electron chi connectivity index (χ0n) is 10.6. The topological polar surface area (TPSA) is 115 Å². The Hall–Kier alpha value is -2.16. The van der Waals surface area contributed by atoms with Crippen molar-refractivity contribution in [1.29, 1.82) is 0 Å². The van der Waals surface area contributed by atoms with Gasteiger partial charge in [-0.15, -0.1) is 5.10 Å². The first-order valence-corrected chi connectivity index (χ1v) is 5.87. The predicted octanol–water partition coefficient (Wildman–Crippen LogP) is -0.984. The molecule has 1 atom stereocenters. The van der Waals surface area contributed by atoms with Crippen molar-refractivity contribution in [2.24, 2.45) is 5.73 Å². The number of ether oxygens (including phenoxy) is 1. The highest BCUT2D eigenvalue weighted by atomic mass is 16.5. The Balaban J connectivity index is 1.89. The van der Waals surface area contributed by atoms with E-state index < -0.39 is 6.09 Å². The molecule has 104 valence electrons. The molecule has 0 saturated carbocycles. The molecule has 0 bridgehead atoms. The molecule has 2 amide bonds. The van der Waals surface area contributed by atoms with Crippen molar-refractivity contribution in [3.63, 3.8) is 0 Å². The number of likely N-dealkylation sites (tertiary alicyclic amines) is 1. The van der Waals surface area contributed by atoms with Crippen molar-refractivity contribution in [2.75, 3.05) is 25.5 Å². The van der Waals surface area contributed by atoms with E-state index in [1.165, 1.54) is 18.0 Å². The van der Waals surface area contributed by atoms with E-state index >= 15 is 0 Å². The van der Waals surface area contributed by atoms with E-state index in [-0.39, 0.29) is 24.3 Å². The van der Waals surface area contributed by atoms with Crippen LogP contribution in [0.3, 0.4) is 0 Å². The van der Waals surface area contributed by atoms with Gasteiger partial charge in [0.1, 0.15) is 6.54 Å². The summed E-state index contributed by atoms with van der Waals surface area (Å²) in [5, 5.41) is 9.82. The monoisotopic (exact) mass is 268 g/mol. The summed E-state index contributed by atoms with van der Waals surface area (Å²) in [6, 6.07) is 0.0521. The maximum absolute atomic E-state index is 11.9. The van der Waals surface area contributed by atoms with E-state index in [1.807, 2.05) is 0 Å². The van der Waals surface area contributed by atoms with Gasteiger partial charge in [0.2, 0.25) is 5.91 Å². The highest BCUT2D eigenvalue weighted by Crippen LogP contribution is 2.08. The maximum Gasteiger partial charge on any atom is 0.412 e. The number of anilines is 1. The van der Waals surface area contributed by atoms with Gasteiger partial charge in [-0.25, -0.2) is 9.48 Å². The Morgan fingerprint density at radius 3 is 3.05 bits per heavy atom. The van der Waals surface area contributed by atoms with Gasteiger partial charge in [-0.3, -0.25) is 10.1 Å². The van der Waals surface area contributed by atoms with Crippen LogP contribution in [0.1, 0.15) is 6.42 Å². The summed E-state index contributed by atoms with van der Waals surface area (Å²) in [4.78, 5) is 24.6. The van der Waals surface area contributed by atoms with Crippen LogP contribution >= 0.6 is 0 Å². The molecule has 1 aromatic heterocycles. The van der Waals surface area contributed by atoms with E-state index in [1.54, 1.807) is 4.90 Å². The molecule has 1 saturated heterocycles. The van der Waals surface area contributed by atoms with Crippen molar-refractivity contribution < 1.29 is 14.3 Å². The van der Waals surface area contributed by atoms with Gasteiger partial charge in [-0.1, -0.05) is 5.21 Å². The number of nitrogens with two attached hydrogens (primary N) is 1. The van der Waals surface area contributed by atoms with Gasteiger partial charge in [0.05, 0.1) is 13.3 Å². The van der Waals surface area contributed by atoms with Crippen molar-refractivity contribution in [1.82, 2.24) is 19.9 Å². The summed E-state index contributed by atoms with van der Waals surface area (Å²) in [6.07, 6.45) is 1.65. The molecular formula is C10H16N6O3. The number of carbonyl (C=O) groups excluding carboxylic acids is 2. The van der Waals surface area contributed by atoms with Crippen LogP contribution in [0.2, 0.25) is 0 Å². The number of nitrogens with one attached hydrogen (secondary N) is 1. The Bertz CT molecular complexity index is 474. The van der Waals surface area contributed by atoms with Crippen molar-refractivity contribution in [3.05, 3.63) is 6.20 Å². The third-order valence-electron chi connectivity index (χ3n) is 2.83. The molecule has 9 heteroatoms. The normalized spacial score (nSPS) is 18.4. The van der Waals surface area contributed by atoms with Crippen molar-refractivity contribution in [2.45, 2.75) is 19.0 Å². The van der Waals surface area contributed by atoms with Gasteiger partial charge >= 0.3 is 6.09 Å². The molecule has 1 aliphatic rings. The summed E-state index contributed by atoms with van der Waals surface area (Å²) in [5.74, 6) is 0.167. The lowest BCUT2D eigenvalue weighted by Gasteiger charge is -2.15. The average Bonchev–Trinajstić information content (AvgIpc) is 2.98. The summed E-state index contributed by atoms with van der Waals surface area (Å²) in [6.45, 7) is 1.31. The average molecular weight is 268 g/mol. The van der Waals surface area contributed by atoms with E-state index in [9.17, 15) is 9.59 Å². The van der Waals surface area contributed by atoms with Crippen LogP contribution in [0.15, 0.2) is 6.20 Å². The third-order valence-corrected chi connectivity index (χ3v) is 2.83. The fourth-order valence-electron chi connectivity index (χ4n) is 1.84. The first-order chi connectivity index (χ1) is 9.08. The third kappa shape index (κ3) is 3.41. The van der Waals surface area contributed by atoms with Crippen LogP contribution in [0, 0.1) is 0 Å². The van der Waals surface area contributed by atoms with Crippen LogP contribution in [-0.4, -0.2) is 58.1 Å². The summed E-state index contributed by atoms with van der Waals surface area (Å²) in [5.41, 5.74) is 5.74. The van der Waals surface area contributed by atoms with E-state index in [0.29, 0.717) is 13.1 Å². The molecule has 1 aromatic rings. The van der Waals surface area contributed by atoms with Gasteiger partial charge in [0.15, 0.2) is 5.82 Å². The number of hydrogen-bond donors (Lipinski definition) is 2. The molecule has 2 rings (SSSR count). The second-order valence-corrected chi connectivity index (χ2v) is 4.31. The summed E-state index contributed by atoms with van der Waals surface area (Å²) >= 11 is 0. The molecular weight excluding hydrogens is 252 g/mol. The highest BCUT2D eigenvalue weighted by molar-refractivity contribution is 5.83. The lowest BCUT2D eigenvalue weighted by Crippen LogP contribution is -2.34. The summed E-state index contributed by atoms with van der Waals surface area (Å²) in [7, 11) is 1.25. The number of rotatable bonds is 3. The zero-order chi connectivity index (χ0) is 13.8.